The van der Waals surface area contributed by atoms with Crippen LogP contribution in [0.1, 0.15) is 40.0 Å². The molecule has 0 radical (unpaired) electrons. The van der Waals surface area contributed by atoms with Gasteiger partial charge in [0, 0.05) is 18.6 Å². The molecule has 0 aromatic heterocycles. The molecule has 2 heteroatoms. The molecule has 2 aliphatic rings. The van der Waals surface area contributed by atoms with Crippen molar-refractivity contribution in [2.75, 3.05) is 13.1 Å². The predicted molar refractivity (Wildman–Crippen MR) is 64.7 cm³/mol. The molecule has 4 atom stereocenters. The molecule has 1 aliphatic carbocycles. The summed E-state index contributed by atoms with van der Waals surface area (Å²) >= 11 is 0. The first kappa shape index (κ1) is 11.4. The van der Waals surface area contributed by atoms with Crippen molar-refractivity contribution in [1.82, 2.24) is 4.90 Å². The van der Waals surface area contributed by atoms with Gasteiger partial charge in [-0.2, -0.15) is 0 Å². The Morgan fingerprint density at radius 1 is 1.27 bits per heavy atom. The predicted octanol–water partition coefficient (Wildman–Crippen LogP) is 2.09. The van der Waals surface area contributed by atoms with Crippen molar-refractivity contribution in [1.29, 1.82) is 0 Å². The molecule has 2 nitrogen and oxygen atoms in total. The van der Waals surface area contributed by atoms with Crippen LogP contribution in [0, 0.1) is 17.8 Å². The van der Waals surface area contributed by atoms with E-state index in [1.165, 1.54) is 32.4 Å². The number of nitrogens with two attached hydrogens (primary N) is 1. The standard InChI is InChI=1S/C13H26N2/c1-9(12-4-5-12)8-15-7-6-13(14)10(2)11(15)3/h9-13H,4-8,14H2,1-3H3. The van der Waals surface area contributed by atoms with Gasteiger partial charge < -0.3 is 10.6 Å². The SMILES string of the molecule is CC(CN1CCC(N)C(C)C1C)C1CC1. The summed E-state index contributed by atoms with van der Waals surface area (Å²) in [7, 11) is 0. The molecule has 15 heavy (non-hydrogen) atoms. The van der Waals surface area contributed by atoms with E-state index in [2.05, 4.69) is 25.7 Å². The number of nitrogens with zero attached hydrogens (tertiary/aromatic N) is 1. The van der Waals surface area contributed by atoms with Crippen LogP contribution in [0.4, 0.5) is 0 Å². The van der Waals surface area contributed by atoms with Crippen LogP contribution in [0.15, 0.2) is 0 Å². The number of hydrogen-bond acceptors (Lipinski definition) is 2. The van der Waals surface area contributed by atoms with Gasteiger partial charge in [0.25, 0.3) is 0 Å². The van der Waals surface area contributed by atoms with E-state index in [1.807, 2.05) is 0 Å². The Hall–Kier alpha value is -0.0800. The second kappa shape index (κ2) is 4.42. The molecule has 1 heterocycles. The fourth-order valence-electron chi connectivity index (χ4n) is 2.91. The van der Waals surface area contributed by atoms with Gasteiger partial charge in [0.05, 0.1) is 0 Å². The molecule has 0 spiro atoms. The van der Waals surface area contributed by atoms with Crippen LogP contribution < -0.4 is 5.73 Å². The van der Waals surface area contributed by atoms with Gasteiger partial charge in [0.1, 0.15) is 0 Å². The molecular weight excluding hydrogens is 184 g/mol. The lowest BCUT2D eigenvalue weighted by molar-refractivity contribution is 0.0807. The smallest absolute Gasteiger partial charge is 0.0107 e. The lowest BCUT2D eigenvalue weighted by atomic mass is 9.87. The maximum absolute atomic E-state index is 6.11. The van der Waals surface area contributed by atoms with Gasteiger partial charge in [-0.1, -0.05) is 13.8 Å². The molecule has 0 aromatic rings. The Morgan fingerprint density at radius 3 is 2.53 bits per heavy atom. The highest BCUT2D eigenvalue weighted by molar-refractivity contribution is 4.89. The average Bonchev–Trinajstić information content (AvgIpc) is 3.02. The second-order valence-electron chi connectivity index (χ2n) is 5.86. The highest BCUT2D eigenvalue weighted by atomic mass is 15.2. The van der Waals surface area contributed by atoms with Crippen LogP contribution in [0.5, 0.6) is 0 Å². The van der Waals surface area contributed by atoms with Crippen molar-refractivity contribution in [2.45, 2.75) is 52.1 Å². The van der Waals surface area contributed by atoms with Gasteiger partial charge >= 0.3 is 0 Å². The van der Waals surface area contributed by atoms with Gasteiger partial charge in [-0.3, -0.25) is 0 Å². The Morgan fingerprint density at radius 2 is 1.93 bits per heavy atom. The largest absolute Gasteiger partial charge is 0.327 e. The van der Waals surface area contributed by atoms with E-state index >= 15 is 0 Å². The fraction of sp³-hybridized carbons (Fsp3) is 1.00. The van der Waals surface area contributed by atoms with E-state index < -0.39 is 0 Å². The minimum Gasteiger partial charge on any atom is -0.327 e. The third-order valence-corrected chi connectivity index (χ3v) is 4.71. The molecule has 0 aromatic carbocycles. The molecule has 2 rings (SSSR count). The Balaban J connectivity index is 1.86. The first-order chi connectivity index (χ1) is 7.09. The first-order valence-electron chi connectivity index (χ1n) is 6.59. The quantitative estimate of drug-likeness (QED) is 0.773. The summed E-state index contributed by atoms with van der Waals surface area (Å²) in [5, 5.41) is 0. The second-order valence-corrected chi connectivity index (χ2v) is 5.86. The maximum atomic E-state index is 6.11. The molecule has 0 bridgehead atoms. The van der Waals surface area contributed by atoms with E-state index in [0.717, 1.165) is 11.8 Å². The van der Waals surface area contributed by atoms with Gasteiger partial charge in [0.2, 0.25) is 0 Å². The van der Waals surface area contributed by atoms with Crippen molar-refractivity contribution in [3.05, 3.63) is 0 Å². The number of rotatable bonds is 3. The summed E-state index contributed by atoms with van der Waals surface area (Å²) in [6.07, 6.45) is 4.12. The summed E-state index contributed by atoms with van der Waals surface area (Å²) in [5.41, 5.74) is 6.11. The number of piperidine rings is 1. The minimum absolute atomic E-state index is 0.424. The third kappa shape index (κ3) is 2.54. The molecule has 2 fully saturated rings. The summed E-state index contributed by atoms with van der Waals surface area (Å²) < 4.78 is 0. The fourth-order valence-corrected chi connectivity index (χ4v) is 2.91. The van der Waals surface area contributed by atoms with Crippen LogP contribution in [0.2, 0.25) is 0 Å². The van der Waals surface area contributed by atoms with Crippen LogP contribution in [0.25, 0.3) is 0 Å². The molecule has 1 saturated heterocycles. The van der Waals surface area contributed by atoms with E-state index in [4.69, 9.17) is 5.73 Å². The monoisotopic (exact) mass is 210 g/mol. The zero-order valence-corrected chi connectivity index (χ0v) is 10.4. The van der Waals surface area contributed by atoms with Gasteiger partial charge in [-0.15, -0.1) is 0 Å². The molecule has 0 amide bonds. The number of hydrogen-bond donors (Lipinski definition) is 1. The topological polar surface area (TPSA) is 29.3 Å². The van der Waals surface area contributed by atoms with Gasteiger partial charge in [-0.05, 0) is 50.5 Å². The zero-order valence-electron chi connectivity index (χ0n) is 10.4. The molecule has 1 saturated carbocycles. The van der Waals surface area contributed by atoms with E-state index in [9.17, 15) is 0 Å². The van der Waals surface area contributed by atoms with Crippen molar-refractivity contribution in [3.63, 3.8) is 0 Å². The Bertz CT molecular complexity index is 213. The van der Waals surface area contributed by atoms with Crippen LogP contribution in [-0.2, 0) is 0 Å². The summed E-state index contributed by atoms with van der Waals surface area (Å²) in [5.74, 6) is 2.59. The first-order valence-corrected chi connectivity index (χ1v) is 6.59. The summed E-state index contributed by atoms with van der Waals surface area (Å²) in [4.78, 5) is 2.66. The van der Waals surface area contributed by atoms with Crippen molar-refractivity contribution < 1.29 is 0 Å². The number of likely N-dealkylation sites (tertiary alicyclic amines) is 1. The van der Waals surface area contributed by atoms with Crippen molar-refractivity contribution >= 4 is 0 Å². The van der Waals surface area contributed by atoms with E-state index in [0.29, 0.717) is 18.0 Å². The molecular formula is C13H26N2. The highest BCUT2D eigenvalue weighted by Crippen LogP contribution is 2.37. The zero-order chi connectivity index (χ0) is 11.0. The van der Waals surface area contributed by atoms with Crippen LogP contribution >= 0.6 is 0 Å². The van der Waals surface area contributed by atoms with Crippen LogP contribution in [-0.4, -0.2) is 30.1 Å². The molecule has 4 unspecified atom stereocenters. The maximum Gasteiger partial charge on any atom is 0.0107 e. The Labute approximate surface area is 94.2 Å². The molecule has 1 aliphatic heterocycles. The molecule has 88 valence electrons. The highest BCUT2D eigenvalue weighted by Gasteiger charge is 2.34. The Kier molecular flexibility index (Phi) is 3.36. The molecule has 2 N–H and O–H groups in total. The van der Waals surface area contributed by atoms with E-state index in [-0.39, 0.29) is 0 Å². The lowest BCUT2D eigenvalue weighted by Gasteiger charge is -2.42. The van der Waals surface area contributed by atoms with Crippen molar-refractivity contribution in [3.8, 4) is 0 Å². The van der Waals surface area contributed by atoms with Crippen LogP contribution in [0.3, 0.4) is 0 Å². The van der Waals surface area contributed by atoms with Gasteiger partial charge in [-0.25, -0.2) is 0 Å². The minimum atomic E-state index is 0.424. The summed E-state index contributed by atoms with van der Waals surface area (Å²) in [6.45, 7) is 9.59. The average molecular weight is 210 g/mol. The normalized spacial score (nSPS) is 40.4. The summed E-state index contributed by atoms with van der Waals surface area (Å²) in [6, 6.07) is 1.10. The third-order valence-electron chi connectivity index (χ3n) is 4.71. The van der Waals surface area contributed by atoms with Crippen molar-refractivity contribution in [2.24, 2.45) is 23.5 Å². The van der Waals surface area contributed by atoms with Gasteiger partial charge in [0.15, 0.2) is 0 Å². The van der Waals surface area contributed by atoms with E-state index in [1.54, 1.807) is 0 Å². The lowest BCUT2D eigenvalue weighted by Crippen LogP contribution is -2.52.